The van der Waals surface area contributed by atoms with Gasteiger partial charge in [-0.15, -0.1) is 0 Å². The van der Waals surface area contributed by atoms with Crippen LogP contribution in [0.15, 0.2) is 5.10 Å². The first kappa shape index (κ1) is 12.6. The van der Waals surface area contributed by atoms with E-state index in [0.717, 1.165) is 6.61 Å². The molecular weight excluding hydrogens is 180 g/mol. The summed E-state index contributed by atoms with van der Waals surface area (Å²) in [6.45, 7) is 9.49. The highest BCUT2D eigenvalue weighted by molar-refractivity contribution is 6.69. The Bertz CT molecular complexity index is 163. The van der Waals surface area contributed by atoms with Crippen molar-refractivity contribution < 1.29 is 4.43 Å². The van der Waals surface area contributed by atoms with Crippen molar-refractivity contribution in [1.29, 1.82) is 0 Å². The highest BCUT2D eigenvalue weighted by atomic mass is 28.4. The Kier molecular flexibility index (Phi) is 5.25. The first-order valence-corrected chi connectivity index (χ1v) is 8.07. The second kappa shape index (κ2) is 5.39. The molecule has 0 saturated carbocycles. The molecule has 0 fully saturated rings. The van der Waals surface area contributed by atoms with Crippen molar-refractivity contribution in [1.82, 2.24) is 5.01 Å². The van der Waals surface area contributed by atoms with Gasteiger partial charge in [0.25, 0.3) is 0 Å². The lowest BCUT2D eigenvalue weighted by Gasteiger charge is -2.19. The average Bonchev–Trinajstić information content (AvgIpc) is 1.95. The van der Waals surface area contributed by atoms with Crippen LogP contribution in [0.1, 0.15) is 6.92 Å². The van der Waals surface area contributed by atoms with Gasteiger partial charge in [0.2, 0.25) is 0 Å². The SMILES string of the molecule is CC(C=NN(C)C)CO[Si](C)(C)C. The molecule has 3 nitrogen and oxygen atoms in total. The van der Waals surface area contributed by atoms with Crippen LogP contribution in [0, 0.1) is 5.92 Å². The molecule has 0 bridgehead atoms. The lowest BCUT2D eigenvalue weighted by Crippen LogP contribution is -2.28. The Labute approximate surface area is 82.9 Å². The van der Waals surface area contributed by atoms with Crippen LogP contribution in [0.2, 0.25) is 19.6 Å². The third kappa shape index (κ3) is 9.56. The molecule has 0 spiro atoms. The van der Waals surface area contributed by atoms with Crippen LogP contribution in [-0.2, 0) is 4.43 Å². The van der Waals surface area contributed by atoms with Gasteiger partial charge in [0.15, 0.2) is 8.32 Å². The van der Waals surface area contributed by atoms with Crippen molar-refractivity contribution in [3.63, 3.8) is 0 Å². The average molecular weight is 202 g/mol. The zero-order chi connectivity index (χ0) is 10.5. The van der Waals surface area contributed by atoms with Crippen molar-refractivity contribution in [3.8, 4) is 0 Å². The summed E-state index contributed by atoms with van der Waals surface area (Å²) < 4.78 is 5.75. The molecule has 13 heavy (non-hydrogen) atoms. The van der Waals surface area contributed by atoms with Gasteiger partial charge in [0.05, 0.1) is 0 Å². The fourth-order valence-electron chi connectivity index (χ4n) is 0.672. The molecule has 78 valence electrons. The molecule has 0 aliphatic carbocycles. The van der Waals surface area contributed by atoms with E-state index in [4.69, 9.17) is 4.43 Å². The highest BCUT2D eigenvalue weighted by Crippen LogP contribution is 2.05. The molecular formula is C9H22N2OSi. The number of hydrogen-bond acceptors (Lipinski definition) is 3. The predicted octanol–water partition coefficient (Wildman–Crippen LogP) is 2.02. The summed E-state index contributed by atoms with van der Waals surface area (Å²) in [4.78, 5) is 0. The van der Waals surface area contributed by atoms with Crippen LogP contribution >= 0.6 is 0 Å². The third-order valence-corrected chi connectivity index (χ3v) is 2.36. The molecule has 0 amide bonds. The van der Waals surface area contributed by atoms with Crippen molar-refractivity contribution in [2.45, 2.75) is 26.6 Å². The van der Waals surface area contributed by atoms with Gasteiger partial charge in [0, 0.05) is 32.8 Å². The predicted molar refractivity (Wildman–Crippen MR) is 60.6 cm³/mol. The van der Waals surface area contributed by atoms with Crippen LogP contribution < -0.4 is 0 Å². The van der Waals surface area contributed by atoms with E-state index in [1.807, 2.05) is 20.3 Å². The summed E-state index contributed by atoms with van der Waals surface area (Å²) in [5.74, 6) is 0.397. The zero-order valence-electron chi connectivity index (χ0n) is 9.66. The summed E-state index contributed by atoms with van der Waals surface area (Å²) in [6, 6.07) is 0. The number of rotatable bonds is 5. The van der Waals surface area contributed by atoms with Gasteiger partial charge in [-0.2, -0.15) is 5.10 Å². The molecule has 0 aliphatic heterocycles. The van der Waals surface area contributed by atoms with Crippen LogP contribution in [0.4, 0.5) is 0 Å². The zero-order valence-corrected chi connectivity index (χ0v) is 10.7. The molecule has 0 rings (SSSR count). The maximum absolute atomic E-state index is 5.75. The summed E-state index contributed by atoms with van der Waals surface area (Å²) in [6.07, 6.45) is 1.93. The summed E-state index contributed by atoms with van der Waals surface area (Å²) in [5, 5.41) is 5.97. The van der Waals surface area contributed by atoms with E-state index >= 15 is 0 Å². The maximum atomic E-state index is 5.75. The highest BCUT2D eigenvalue weighted by Gasteiger charge is 2.14. The minimum absolute atomic E-state index is 0.397. The van der Waals surface area contributed by atoms with Crippen LogP contribution in [-0.4, -0.2) is 40.2 Å². The van der Waals surface area contributed by atoms with E-state index in [2.05, 4.69) is 31.7 Å². The number of hydrogen-bond donors (Lipinski definition) is 0. The Morgan fingerprint density at radius 3 is 2.31 bits per heavy atom. The molecule has 0 aromatic heterocycles. The Morgan fingerprint density at radius 2 is 1.92 bits per heavy atom. The molecule has 1 atom stereocenters. The summed E-state index contributed by atoms with van der Waals surface area (Å²) in [7, 11) is 2.49. The second-order valence-corrected chi connectivity index (χ2v) is 9.03. The van der Waals surface area contributed by atoms with E-state index in [1.165, 1.54) is 0 Å². The lowest BCUT2D eigenvalue weighted by molar-refractivity contribution is 0.287. The molecule has 0 aliphatic rings. The van der Waals surface area contributed by atoms with Crippen molar-refractivity contribution in [2.75, 3.05) is 20.7 Å². The van der Waals surface area contributed by atoms with Crippen LogP contribution in [0.25, 0.3) is 0 Å². The molecule has 0 N–H and O–H groups in total. The van der Waals surface area contributed by atoms with E-state index < -0.39 is 8.32 Å². The maximum Gasteiger partial charge on any atom is 0.183 e. The second-order valence-electron chi connectivity index (χ2n) is 4.51. The van der Waals surface area contributed by atoms with E-state index in [9.17, 15) is 0 Å². The molecule has 1 unspecified atom stereocenters. The fourth-order valence-corrected chi connectivity index (χ4v) is 1.43. The molecule has 0 saturated heterocycles. The topological polar surface area (TPSA) is 24.8 Å². The third-order valence-electron chi connectivity index (χ3n) is 1.33. The largest absolute Gasteiger partial charge is 0.417 e. The van der Waals surface area contributed by atoms with E-state index in [-0.39, 0.29) is 0 Å². The normalized spacial score (nSPS) is 14.9. The first-order chi connectivity index (χ1) is 5.81. The van der Waals surface area contributed by atoms with Gasteiger partial charge in [-0.25, -0.2) is 0 Å². The van der Waals surface area contributed by atoms with Gasteiger partial charge in [-0.1, -0.05) is 6.92 Å². The fraction of sp³-hybridized carbons (Fsp3) is 0.889. The van der Waals surface area contributed by atoms with Gasteiger partial charge in [-0.3, -0.25) is 0 Å². The minimum Gasteiger partial charge on any atom is -0.417 e. The van der Waals surface area contributed by atoms with E-state index in [1.54, 1.807) is 5.01 Å². The van der Waals surface area contributed by atoms with Gasteiger partial charge in [0.1, 0.15) is 0 Å². The standard InChI is InChI=1S/C9H22N2OSi/c1-9(7-10-11(2)3)8-12-13(4,5)6/h7,9H,8H2,1-6H3. The number of hydrazone groups is 1. The lowest BCUT2D eigenvalue weighted by atomic mass is 10.2. The van der Waals surface area contributed by atoms with Crippen molar-refractivity contribution in [2.24, 2.45) is 11.0 Å². The Hall–Kier alpha value is -0.353. The Balaban J connectivity index is 3.69. The number of nitrogens with zero attached hydrogens (tertiary/aromatic N) is 2. The molecule has 0 aromatic rings. The quantitative estimate of drug-likeness (QED) is 0.387. The Morgan fingerprint density at radius 1 is 1.38 bits per heavy atom. The molecule has 0 aromatic carbocycles. The van der Waals surface area contributed by atoms with Gasteiger partial charge in [-0.05, 0) is 19.6 Å². The summed E-state index contributed by atoms with van der Waals surface area (Å²) >= 11 is 0. The molecule has 0 radical (unpaired) electrons. The van der Waals surface area contributed by atoms with Crippen molar-refractivity contribution in [3.05, 3.63) is 0 Å². The molecule has 0 heterocycles. The monoisotopic (exact) mass is 202 g/mol. The van der Waals surface area contributed by atoms with Crippen LogP contribution in [0.5, 0.6) is 0 Å². The minimum atomic E-state index is -1.35. The van der Waals surface area contributed by atoms with E-state index in [0.29, 0.717) is 5.92 Å². The smallest absolute Gasteiger partial charge is 0.183 e. The summed E-state index contributed by atoms with van der Waals surface area (Å²) in [5.41, 5.74) is 0. The van der Waals surface area contributed by atoms with Gasteiger partial charge < -0.3 is 9.43 Å². The van der Waals surface area contributed by atoms with Crippen molar-refractivity contribution >= 4 is 14.5 Å². The van der Waals surface area contributed by atoms with Crippen LogP contribution in [0.3, 0.4) is 0 Å². The first-order valence-electron chi connectivity index (χ1n) is 4.66. The molecule has 4 heteroatoms. The van der Waals surface area contributed by atoms with Gasteiger partial charge >= 0.3 is 0 Å².